The monoisotopic (exact) mass is 410 g/mol. The van der Waals surface area contributed by atoms with Gasteiger partial charge < -0.3 is 28.7 Å². The van der Waals surface area contributed by atoms with Gasteiger partial charge in [-0.25, -0.2) is 9.13 Å². The number of unbranched alkanes of at least 4 members (excludes halogenated alkanes) is 1. The summed E-state index contributed by atoms with van der Waals surface area (Å²) in [4.78, 5) is 0. The topological polar surface area (TPSA) is 18.0 Å². The Morgan fingerprint density at radius 3 is 3.05 bits per heavy atom. The molecule has 0 radical (unpaired) electrons. The summed E-state index contributed by atoms with van der Waals surface area (Å²) < 4.78 is 10.4. The van der Waals surface area contributed by atoms with Crippen molar-refractivity contribution in [1.29, 1.82) is 0 Å². The predicted molar refractivity (Wildman–Crippen MR) is 81.6 cm³/mol. The van der Waals surface area contributed by atoms with Crippen LogP contribution in [0.1, 0.15) is 48.9 Å². The molecule has 1 aromatic heterocycles. The molecule has 2 heterocycles. The minimum absolute atomic E-state index is 0. The third-order valence-electron chi connectivity index (χ3n) is 4.84. The van der Waals surface area contributed by atoms with Crippen molar-refractivity contribution >= 4 is 0 Å². The molecule has 1 aliphatic heterocycles. The molecular formula is C18H23IN2O. The number of hydrogen-bond acceptors (Lipinski definition) is 1. The zero-order valence-electron chi connectivity index (χ0n) is 13.1. The van der Waals surface area contributed by atoms with Crippen molar-refractivity contribution in [2.75, 3.05) is 6.61 Å². The van der Waals surface area contributed by atoms with E-state index in [1.165, 1.54) is 42.4 Å². The van der Waals surface area contributed by atoms with Crippen molar-refractivity contribution in [1.82, 2.24) is 4.57 Å². The molecule has 2 aliphatic rings. The standard InChI is InChI=1S/C18H23N2O.HI/c1-2-3-7-19-8-9-20(13-19)17-5-4-14-11-15-6-10-21-18(15)12-16(14)17;/h8-9,11-13,17H,2-7,10H2,1H3;1H/q+1;/p-1. The summed E-state index contributed by atoms with van der Waals surface area (Å²) in [6.07, 6.45) is 12.7. The number of imidazole rings is 1. The van der Waals surface area contributed by atoms with Crippen LogP contribution in [-0.4, -0.2) is 11.2 Å². The lowest BCUT2D eigenvalue weighted by molar-refractivity contribution is -0.696. The highest BCUT2D eigenvalue weighted by Crippen LogP contribution is 2.39. The number of ether oxygens (including phenoxy) is 1. The number of benzene rings is 1. The lowest BCUT2D eigenvalue weighted by atomic mass is 10.0. The maximum atomic E-state index is 5.75. The van der Waals surface area contributed by atoms with Gasteiger partial charge in [0.15, 0.2) is 0 Å². The van der Waals surface area contributed by atoms with E-state index in [1.807, 2.05) is 0 Å². The van der Waals surface area contributed by atoms with Crippen LogP contribution in [0.4, 0.5) is 0 Å². The van der Waals surface area contributed by atoms with Gasteiger partial charge >= 0.3 is 0 Å². The summed E-state index contributed by atoms with van der Waals surface area (Å²) in [7, 11) is 0. The summed E-state index contributed by atoms with van der Waals surface area (Å²) in [6.45, 7) is 4.21. The number of rotatable bonds is 4. The van der Waals surface area contributed by atoms with E-state index >= 15 is 0 Å². The van der Waals surface area contributed by atoms with Crippen LogP contribution in [0.25, 0.3) is 0 Å². The van der Waals surface area contributed by atoms with Crippen LogP contribution in [0.5, 0.6) is 5.75 Å². The summed E-state index contributed by atoms with van der Waals surface area (Å²) >= 11 is 0. The van der Waals surface area contributed by atoms with Gasteiger partial charge in [-0.2, -0.15) is 0 Å². The van der Waals surface area contributed by atoms with Gasteiger partial charge in [0.2, 0.25) is 6.33 Å². The minimum Gasteiger partial charge on any atom is -1.00 e. The summed E-state index contributed by atoms with van der Waals surface area (Å²) in [6, 6.07) is 5.16. The highest BCUT2D eigenvalue weighted by molar-refractivity contribution is 5.48. The Labute approximate surface area is 149 Å². The van der Waals surface area contributed by atoms with E-state index < -0.39 is 0 Å². The first-order valence-corrected chi connectivity index (χ1v) is 8.20. The first-order valence-electron chi connectivity index (χ1n) is 8.20. The smallest absolute Gasteiger partial charge is 0.244 e. The van der Waals surface area contributed by atoms with Gasteiger partial charge in [0.25, 0.3) is 0 Å². The molecule has 2 aromatic rings. The van der Waals surface area contributed by atoms with Crippen LogP contribution >= 0.6 is 0 Å². The molecule has 3 nitrogen and oxygen atoms in total. The van der Waals surface area contributed by atoms with Crippen LogP contribution in [0.2, 0.25) is 0 Å². The second-order valence-corrected chi connectivity index (χ2v) is 6.26. The molecule has 1 aromatic carbocycles. The lowest BCUT2D eigenvalue weighted by Gasteiger charge is -2.09. The molecule has 0 spiro atoms. The molecule has 118 valence electrons. The molecule has 1 unspecified atom stereocenters. The van der Waals surface area contributed by atoms with Crippen molar-refractivity contribution in [2.45, 2.75) is 51.6 Å². The van der Waals surface area contributed by atoms with Crippen molar-refractivity contribution in [3.63, 3.8) is 0 Å². The zero-order chi connectivity index (χ0) is 14.2. The van der Waals surface area contributed by atoms with Gasteiger partial charge in [-0.05, 0) is 36.5 Å². The second kappa shape index (κ2) is 6.60. The average molecular weight is 410 g/mol. The van der Waals surface area contributed by atoms with Crippen LogP contribution < -0.4 is 33.3 Å². The van der Waals surface area contributed by atoms with Crippen LogP contribution in [-0.2, 0) is 19.4 Å². The van der Waals surface area contributed by atoms with E-state index in [4.69, 9.17) is 4.74 Å². The van der Waals surface area contributed by atoms with E-state index in [0.717, 1.165) is 25.3 Å². The number of halogens is 1. The fraction of sp³-hybridized carbons (Fsp3) is 0.500. The van der Waals surface area contributed by atoms with Crippen molar-refractivity contribution in [2.24, 2.45) is 0 Å². The van der Waals surface area contributed by atoms with Gasteiger partial charge in [0.05, 0.1) is 13.2 Å². The van der Waals surface area contributed by atoms with E-state index in [9.17, 15) is 0 Å². The highest BCUT2D eigenvalue weighted by atomic mass is 127. The van der Waals surface area contributed by atoms with Crippen LogP contribution in [0.15, 0.2) is 30.9 Å². The third kappa shape index (κ3) is 2.77. The molecule has 4 rings (SSSR count). The van der Waals surface area contributed by atoms with Crippen LogP contribution in [0, 0.1) is 0 Å². The largest absolute Gasteiger partial charge is 1.00 e. The average Bonchev–Trinajstić information content (AvgIpc) is 3.21. The lowest BCUT2D eigenvalue weighted by Crippen LogP contribution is -3.00. The Morgan fingerprint density at radius 1 is 1.27 bits per heavy atom. The molecule has 1 aliphatic carbocycles. The fourth-order valence-electron chi connectivity index (χ4n) is 3.64. The maximum Gasteiger partial charge on any atom is 0.244 e. The minimum atomic E-state index is 0. The molecule has 0 saturated carbocycles. The van der Waals surface area contributed by atoms with Gasteiger partial charge in [0, 0.05) is 12.0 Å². The molecule has 4 heteroatoms. The molecule has 0 saturated heterocycles. The Hall–Kier alpha value is -1.04. The number of nitrogens with zero attached hydrogens (tertiary/aromatic N) is 2. The van der Waals surface area contributed by atoms with Gasteiger partial charge in [-0.3, -0.25) is 0 Å². The maximum absolute atomic E-state index is 5.75. The number of aryl methyl sites for hydroxylation is 2. The normalized spacial score (nSPS) is 18.5. The highest BCUT2D eigenvalue weighted by Gasteiger charge is 2.30. The van der Waals surface area contributed by atoms with Crippen molar-refractivity contribution in [3.05, 3.63) is 47.5 Å². The van der Waals surface area contributed by atoms with Crippen molar-refractivity contribution < 1.29 is 33.3 Å². The summed E-state index contributed by atoms with van der Waals surface area (Å²) in [5.41, 5.74) is 4.40. The first-order chi connectivity index (χ1) is 10.3. The zero-order valence-corrected chi connectivity index (χ0v) is 15.3. The van der Waals surface area contributed by atoms with E-state index in [1.54, 1.807) is 0 Å². The molecule has 0 fully saturated rings. The predicted octanol–water partition coefficient (Wildman–Crippen LogP) is 0.0502. The van der Waals surface area contributed by atoms with Crippen molar-refractivity contribution in [3.8, 4) is 5.75 Å². The number of hydrogen-bond donors (Lipinski definition) is 0. The molecule has 0 amide bonds. The Balaban J connectivity index is 0.00000144. The SMILES string of the molecule is CCCC[n+]1ccn(C2CCc3cc4c(cc32)OCC4)c1.[I-]. The quantitative estimate of drug-likeness (QED) is 0.515. The summed E-state index contributed by atoms with van der Waals surface area (Å²) in [5, 5.41) is 0. The first kappa shape index (κ1) is 15.8. The van der Waals surface area contributed by atoms with Gasteiger partial charge in [0.1, 0.15) is 24.2 Å². The summed E-state index contributed by atoms with van der Waals surface area (Å²) in [5.74, 6) is 1.12. The Morgan fingerprint density at radius 2 is 2.18 bits per heavy atom. The third-order valence-corrected chi connectivity index (χ3v) is 4.84. The number of fused-ring (bicyclic) bond motifs is 2. The Bertz CT molecular complexity index is 665. The number of aromatic nitrogens is 2. The fourth-order valence-corrected chi connectivity index (χ4v) is 3.64. The molecule has 1 atom stereocenters. The van der Waals surface area contributed by atoms with Gasteiger partial charge in [-0.1, -0.05) is 19.4 Å². The van der Waals surface area contributed by atoms with Gasteiger partial charge in [-0.15, -0.1) is 0 Å². The van der Waals surface area contributed by atoms with Crippen LogP contribution in [0.3, 0.4) is 0 Å². The molecule has 0 N–H and O–H groups in total. The second-order valence-electron chi connectivity index (χ2n) is 6.26. The molecule has 0 bridgehead atoms. The van der Waals surface area contributed by atoms with E-state index in [-0.39, 0.29) is 24.0 Å². The molecular weight excluding hydrogens is 387 g/mol. The molecule has 22 heavy (non-hydrogen) atoms. The van der Waals surface area contributed by atoms with E-state index in [2.05, 4.69) is 46.9 Å². The Kier molecular flexibility index (Phi) is 4.76. The van der Waals surface area contributed by atoms with E-state index in [0.29, 0.717) is 6.04 Å².